The Bertz CT molecular complexity index is 828. The van der Waals surface area contributed by atoms with Gasteiger partial charge in [-0.1, -0.05) is 0 Å². The van der Waals surface area contributed by atoms with Gasteiger partial charge in [0.15, 0.2) is 0 Å². The molecule has 0 spiro atoms. The minimum Gasteiger partial charge on any atom is -0.550 e. The second-order valence-corrected chi connectivity index (χ2v) is 7.25. The molecule has 0 atom stereocenters. The quantitative estimate of drug-likeness (QED) is 0.129. The van der Waals surface area contributed by atoms with E-state index in [1.165, 1.54) is 0 Å². The molecule has 228 valence electrons. The molecule has 0 saturated carbocycles. The van der Waals surface area contributed by atoms with Gasteiger partial charge in [0, 0.05) is 95.4 Å². The van der Waals surface area contributed by atoms with E-state index in [1.54, 1.807) is 0 Å². The Hall–Kier alpha value is 0.707. The fraction of sp³-hybridized carbons (Fsp3) is 0.500. The fourth-order valence-electron chi connectivity index (χ4n) is 2.05. The zero-order valence-corrected chi connectivity index (χ0v) is 34.6. The van der Waals surface area contributed by atoms with Crippen molar-refractivity contribution in [1.29, 1.82) is 0 Å². The molecule has 0 aliphatic rings. The first-order valence-corrected chi connectivity index (χ1v) is 9.34. The molecular weight excluding hydrogens is 853 g/mol. The number of hydrogen-bond donors (Lipinski definition) is 3. The molecule has 0 rings (SSSR count). The van der Waals surface area contributed by atoms with Gasteiger partial charge in [0.25, 0.3) is 0 Å². The van der Waals surface area contributed by atoms with E-state index in [1.807, 2.05) is 0 Å². The van der Waals surface area contributed by atoms with Crippen molar-refractivity contribution in [3.05, 3.63) is 0 Å². The number of rotatable bonds is 15. The third-order valence-corrected chi connectivity index (χ3v) is 3.76. The molecule has 0 heterocycles. The minimum absolute atomic E-state index is 0. The van der Waals surface area contributed by atoms with Crippen LogP contribution in [-0.4, -0.2) is 85.8 Å². The molecule has 0 fully saturated rings. The van der Waals surface area contributed by atoms with Crippen LogP contribution >= 0.6 is 0 Å². The molecule has 0 aliphatic heterocycles. The van der Waals surface area contributed by atoms with Crippen molar-refractivity contribution < 1.29 is 280 Å². The second kappa shape index (κ2) is 27.8. The Morgan fingerprint density at radius 2 is 0.442 bits per heavy atom. The molecule has 21 nitrogen and oxygen atoms in total. The van der Waals surface area contributed by atoms with Gasteiger partial charge in [0.05, 0.1) is 17.9 Å². The van der Waals surface area contributed by atoms with Crippen molar-refractivity contribution >= 4 is 53.7 Å². The maximum absolute atomic E-state index is 10.1. The molecular formula is C18H15K3O21W-6. The number of aliphatic hydroxyl groups is 3. The zero-order chi connectivity index (χ0) is 31.9. The maximum Gasteiger partial charge on any atom is 1.00 e. The topological polar surface area (TPSA) is 422 Å². The van der Waals surface area contributed by atoms with Crippen molar-refractivity contribution in [1.82, 2.24) is 0 Å². The summed E-state index contributed by atoms with van der Waals surface area (Å²) in [5.74, 6) is -18.0. The van der Waals surface area contributed by atoms with Gasteiger partial charge >= 0.3 is 154 Å². The number of hydrogen-bond acceptors (Lipinski definition) is 21. The van der Waals surface area contributed by atoms with Crippen molar-refractivity contribution in [2.75, 3.05) is 0 Å². The first-order valence-electron chi connectivity index (χ1n) is 9.34. The van der Waals surface area contributed by atoms with Crippen LogP contribution in [0.25, 0.3) is 0 Å². The molecule has 0 unspecified atom stereocenters. The fourth-order valence-corrected chi connectivity index (χ4v) is 2.05. The van der Waals surface area contributed by atoms with Gasteiger partial charge in [0.2, 0.25) is 0 Å². The number of carboxylic acids is 9. The van der Waals surface area contributed by atoms with Crippen molar-refractivity contribution in [3.63, 3.8) is 0 Å². The van der Waals surface area contributed by atoms with E-state index < -0.39 is 109 Å². The van der Waals surface area contributed by atoms with Gasteiger partial charge in [-0.15, -0.1) is 0 Å². The van der Waals surface area contributed by atoms with Crippen LogP contribution in [-0.2, 0) is 64.2 Å². The predicted octanol–water partition coefficient (Wildman–Crippen LogP) is -24.7. The molecule has 0 bridgehead atoms. The van der Waals surface area contributed by atoms with E-state index >= 15 is 0 Å². The maximum atomic E-state index is 10.1. The molecule has 0 aliphatic carbocycles. The standard InChI is InChI=1S/3C6H8O7.3K.W/c3*7-3(8)1-6(13,5(11)12)2-4(9)10;;;;/h3*13H,1-2H2,(H,7,8)(H,9,10)(H,11,12);;;;/q;;;3*+1;/p-9. The van der Waals surface area contributed by atoms with Crippen LogP contribution < -0.4 is 200 Å². The van der Waals surface area contributed by atoms with Crippen LogP contribution in [0.2, 0.25) is 0 Å². The van der Waals surface area contributed by atoms with Crippen LogP contribution in [0, 0.1) is 0 Å². The predicted molar refractivity (Wildman–Crippen MR) is 87.6 cm³/mol. The van der Waals surface area contributed by atoms with Gasteiger partial charge in [-0.05, 0) is 0 Å². The van der Waals surface area contributed by atoms with Gasteiger partial charge in [-0.2, -0.15) is 0 Å². The summed E-state index contributed by atoms with van der Waals surface area (Å²) in [6, 6.07) is 0. The first-order chi connectivity index (χ1) is 17.3. The summed E-state index contributed by atoms with van der Waals surface area (Å²) in [4.78, 5) is 90.0. The third kappa shape index (κ3) is 29.8. The third-order valence-electron chi connectivity index (χ3n) is 3.76. The molecule has 0 amide bonds. The van der Waals surface area contributed by atoms with Gasteiger partial charge in [-0.25, -0.2) is 0 Å². The normalized spacial score (nSPS) is 9.84. The summed E-state index contributed by atoms with van der Waals surface area (Å²) in [7, 11) is 0. The second-order valence-electron chi connectivity index (χ2n) is 7.25. The number of carboxylic acid groups (broad SMARTS) is 9. The largest absolute Gasteiger partial charge is 1.00 e. The van der Waals surface area contributed by atoms with Crippen molar-refractivity contribution in [3.8, 4) is 0 Å². The Morgan fingerprint density at radius 3 is 0.488 bits per heavy atom. The molecule has 0 aromatic carbocycles. The minimum atomic E-state index is -2.97. The Kier molecular flexibility index (Phi) is 38.2. The first kappa shape index (κ1) is 59.2. The monoisotopic (exact) mass is 868 g/mol. The summed E-state index contributed by atoms with van der Waals surface area (Å²) >= 11 is 0. The zero-order valence-electron chi connectivity index (χ0n) is 22.3. The molecule has 25 heteroatoms. The smallest absolute Gasteiger partial charge is 0.550 e. The van der Waals surface area contributed by atoms with E-state index in [-0.39, 0.29) is 175 Å². The van der Waals surface area contributed by atoms with E-state index in [9.17, 15) is 89.1 Å². The van der Waals surface area contributed by atoms with E-state index in [0.29, 0.717) is 0 Å². The van der Waals surface area contributed by atoms with Gasteiger partial charge in [0.1, 0.15) is 16.8 Å². The molecule has 43 heavy (non-hydrogen) atoms. The van der Waals surface area contributed by atoms with E-state index in [2.05, 4.69) is 0 Å². The average Bonchev–Trinajstić information content (AvgIpc) is 2.64. The van der Waals surface area contributed by atoms with Gasteiger partial charge in [-0.3, -0.25) is 0 Å². The van der Waals surface area contributed by atoms with Crippen molar-refractivity contribution in [2.45, 2.75) is 55.3 Å². The van der Waals surface area contributed by atoms with E-state index in [0.717, 1.165) is 0 Å². The molecule has 0 saturated heterocycles. The van der Waals surface area contributed by atoms with Crippen LogP contribution in [0.1, 0.15) is 38.5 Å². The summed E-state index contributed by atoms with van der Waals surface area (Å²) < 4.78 is 0. The summed E-state index contributed by atoms with van der Waals surface area (Å²) in [5.41, 5.74) is -8.92. The number of aliphatic carboxylic acids is 9. The Balaban J connectivity index is -0.0000000864. The Labute approximate surface area is 381 Å². The van der Waals surface area contributed by atoms with Crippen molar-refractivity contribution in [2.24, 2.45) is 0 Å². The summed E-state index contributed by atoms with van der Waals surface area (Å²) in [6.45, 7) is 0. The van der Waals surface area contributed by atoms with E-state index in [4.69, 9.17) is 15.3 Å². The molecule has 0 aromatic rings. The summed E-state index contributed by atoms with van der Waals surface area (Å²) in [5, 5.41) is 117. The van der Waals surface area contributed by atoms with Crippen LogP contribution in [0.15, 0.2) is 0 Å². The Morgan fingerprint density at radius 1 is 0.349 bits per heavy atom. The van der Waals surface area contributed by atoms with Gasteiger partial charge < -0.3 is 104 Å². The average molecular weight is 868 g/mol. The SMILES string of the molecule is O=C([O-])CC(O)(CC(=O)[O-])C(=O)[O-].O=C([O-])CC(O)(CC(=O)[O-])C(=O)[O-].O=C([O-])CC(O)(CC(=O)[O-])C(=O)[O-].[K+].[K+].[K+].[W]. The number of carbonyl (C=O) groups excluding carboxylic acids is 9. The van der Waals surface area contributed by atoms with Crippen LogP contribution in [0.3, 0.4) is 0 Å². The van der Waals surface area contributed by atoms with Crippen LogP contribution in [0.4, 0.5) is 0 Å². The van der Waals surface area contributed by atoms with Crippen LogP contribution in [0.5, 0.6) is 0 Å². The number of carbonyl (C=O) groups is 9. The molecule has 3 N–H and O–H groups in total. The molecule has 0 aromatic heterocycles. The summed E-state index contributed by atoms with van der Waals surface area (Å²) in [6.07, 6.45) is -8.15. The molecule has 0 radical (unpaired) electrons.